The van der Waals surface area contributed by atoms with E-state index in [1.54, 1.807) is 20.3 Å². The Hall–Kier alpha value is -2.30. The number of rotatable bonds is 3. The minimum absolute atomic E-state index is 0.0915. The van der Waals surface area contributed by atoms with Crippen molar-refractivity contribution in [2.45, 2.75) is 24.7 Å². The lowest BCUT2D eigenvalue weighted by atomic mass is 9.70. The van der Waals surface area contributed by atoms with Crippen LogP contribution in [0.25, 0.3) is 0 Å². The van der Waals surface area contributed by atoms with E-state index in [0.717, 1.165) is 17.5 Å². The quantitative estimate of drug-likeness (QED) is 0.854. The standard InChI is InChI=1S/C17H18O5/c1-20-11-6-10-4-5-17(16(10)14(7-11)22-3)9-12(18)13(21-2)8-15(17)19/h6-8H,4-5,9H2,1-3H3. The largest absolute Gasteiger partial charge is 0.497 e. The van der Waals surface area contributed by atoms with Gasteiger partial charge in [0.05, 0.1) is 26.7 Å². The fourth-order valence-corrected chi connectivity index (χ4v) is 3.52. The summed E-state index contributed by atoms with van der Waals surface area (Å²) >= 11 is 0. The van der Waals surface area contributed by atoms with Crippen LogP contribution in [-0.2, 0) is 26.2 Å². The molecule has 1 unspecified atom stereocenters. The Kier molecular flexibility index (Phi) is 3.43. The summed E-state index contributed by atoms with van der Waals surface area (Å²) in [6, 6.07) is 3.68. The van der Waals surface area contributed by atoms with E-state index in [0.29, 0.717) is 17.9 Å². The molecule has 0 fully saturated rings. The van der Waals surface area contributed by atoms with Crippen molar-refractivity contribution in [2.24, 2.45) is 0 Å². The van der Waals surface area contributed by atoms with Crippen molar-refractivity contribution in [3.05, 3.63) is 35.1 Å². The third-order valence-corrected chi connectivity index (χ3v) is 4.60. The number of ketones is 2. The molecule has 0 saturated heterocycles. The predicted molar refractivity (Wildman–Crippen MR) is 79.3 cm³/mol. The van der Waals surface area contributed by atoms with Crippen LogP contribution in [0.5, 0.6) is 11.5 Å². The first kappa shape index (κ1) is 14.6. The van der Waals surface area contributed by atoms with Crippen molar-refractivity contribution in [3.8, 4) is 11.5 Å². The van der Waals surface area contributed by atoms with E-state index in [9.17, 15) is 9.59 Å². The van der Waals surface area contributed by atoms with E-state index in [1.807, 2.05) is 6.07 Å². The van der Waals surface area contributed by atoms with Gasteiger partial charge in [0.2, 0.25) is 0 Å². The summed E-state index contributed by atoms with van der Waals surface area (Å²) in [6.45, 7) is 0. The number of ether oxygens (including phenoxy) is 3. The molecule has 3 rings (SSSR count). The number of fused-ring (bicyclic) bond motifs is 2. The van der Waals surface area contributed by atoms with E-state index < -0.39 is 5.41 Å². The molecule has 5 heteroatoms. The Morgan fingerprint density at radius 2 is 1.82 bits per heavy atom. The highest BCUT2D eigenvalue weighted by molar-refractivity contribution is 6.13. The zero-order valence-corrected chi connectivity index (χ0v) is 12.9. The van der Waals surface area contributed by atoms with Crippen LogP contribution in [0.15, 0.2) is 24.0 Å². The molecular formula is C17H18O5. The van der Waals surface area contributed by atoms with Gasteiger partial charge in [-0.25, -0.2) is 0 Å². The fraction of sp³-hybridized carbons (Fsp3) is 0.412. The molecule has 0 N–H and O–H groups in total. The van der Waals surface area contributed by atoms with E-state index in [1.165, 1.54) is 13.2 Å². The second-order valence-corrected chi connectivity index (χ2v) is 5.62. The highest BCUT2D eigenvalue weighted by atomic mass is 16.5. The molecule has 1 atom stereocenters. The van der Waals surface area contributed by atoms with Crippen LogP contribution in [0, 0.1) is 0 Å². The molecule has 5 nitrogen and oxygen atoms in total. The van der Waals surface area contributed by atoms with Crippen LogP contribution in [0.4, 0.5) is 0 Å². The van der Waals surface area contributed by atoms with Crippen LogP contribution >= 0.6 is 0 Å². The number of carbonyl (C=O) groups is 2. The van der Waals surface area contributed by atoms with Crippen molar-refractivity contribution >= 4 is 11.6 Å². The summed E-state index contributed by atoms with van der Waals surface area (Å²) in [5, 5.41) is 0. The number of allylic oxidation sites excluding steroid dienone is 2. The van der Waals surface area contributed by atoms with Crippen molar-refractivity contribution in [3.63, 3.8) is 0 Å². The third kappa shape index (κ3) is 1.92. The average Bonchev–Trinajstić information content (AvgIpc) is 2.89. The van der Waals surface area contributed by atoms with E-state index in [-0.39, 0.29) is 23.7 Å². The Bertz CT molecular complexity index is 689. The van der Waals surface area contributed by atoms with Gasteiger partial charge in [-0.15, -0.1) is 0 Å². The summed E-state index contributed by atoms with van der Waals surface area (Å²) in [5.74, 6) is 1.19. The maximum atomic E-state index is 12.7. The number of hydrogen-bond acceptors (Lipinski definition) is 5. The van der Waals surface area contributed by atoms with Gasteiger partial charge in [0.1, 0.15) is 11.5 Å². The van der Waals surface area contributed by atoms with Gasteiger partial charge in [-0.05, 0) is 24.5 Å². The van der Waals surface area contributed by atoms with Crippen molar-refractivity contribution in [1.29, 1.82) is 0 Å². The summed E-state index contributed by atoms with van der Waals surface area (Å²) in [5.41, 5.74) is 0.999. The van der Waals surface area contributed by atoms with Gasteiger partial charge in [0.15, 0.2) is 17.3 Å². The Labute approximate surface area is 128 Å². The zero-order valence-electron chi connectivity index (χ0n) is 12.9. The molecule has 116 valence electrons. The maximum Gasteiger partial charge on any atom is 0.198 e. The van der Waals surface area contributed by atoms with Gasteiger partial charge in [-0.3, -0.25) is 9.59 Å². The van der Waals surface area contributed by atoms with E-state index in [4.69, 9.17) is 14.2 Å². The minimum atomic E-state index is -0.827. The molecule has 2 aliphatic carbocycles. The Morgan fingerprint density at radius 3 is 2.45 bits per heavy atom. The first-order valence-corrected chi connectivity index (χ1v) is 7.14. The number of Topliss-reactive ketones (excluding diaryl/α,β-unsaturated/α-hetero) is 1. The summed E-state index contributed by atoms with van der Waals surface area (Å²) in [6.07, 6.45) is 2.77. The number of aryl methyl sites for hydroxylation is 1. The molecule has 1 spiro atoms. The second kappa shape index (κ2) is 5.16. The van der Waals surface area contributed by atoms with Gasteiger partial charge in [-0.1, -0.05) is 0 Å². The summed E-state index contributed by atoms with van der Waals surface area (Å²) < 4.78 is 15.7. The van der Waals surface area contributed by atoms with Crippen molar-refractivity contribution < 1.29 is 23.8 Å². The van der Waals surface area contributed by atoms with Crippen LogP contribution in [0.1, 0.15) is 24.0 Å². The minimum Gasteiger partial charge on any atom is -0.497 e. The van der Waals surface area contributed by atoms with Crippen LogP contribution in [-0.4, -0.2) is 32.9 Å². The maximum absolute atomic E-state index is 12.7. The highest BCUT2D eigenvalue weighted by Gasteiger charge is 2.50. The first-order valence-electron chi connectivity index (χ1n) is 7.14. The molecular weight excluding hydrogens is 284 g/mol. The van der Waals surface area contributed by atoms with E-state index in [2.05, 4.69) is 0 Å². The van der Waals surface area contributed by atoms with Crippen molar-refractivity contribution in [1.82, 2.24) is 0 Å². The lowest BCUT2D eigenvalue weighted by Crippen LogP contribution is -2.39. The van der Waals surface area contributed by atoms with Gasteiger partial charge >= 0.3 is 0 Å². The van der Waals surface area contributed by atoms with Gasteiger partial charge in [0, 0.05) is 24.1 Å². The monoisotopic (exact) mass is 302 g/mol. The molecule has 1 aromatic rings. The van der Waals surface area contributed by atoms with Crippen molar-refractivity contribution in [2.75, 3.05) is 21.3 Å². The molecule has 2 aliphatic rings. The second-order valence-electron chi connectivity index (χ2n) is 5.62. The fourth-order valence-electron chi connectivity index (χ4n) is 3.52. The molecule has 0 amide bonds. The zero-order chi connectivity index (χ0) is 15.9. The topological polar surface area (TPSA) is 61.8 Å². The SMILES string of the molecule is COC1=CC(=O)C2(CCc3cc(OC)cc(OC)c32)CC1=O. The normalized spacial score (nSPS) is 23.3. The third-order valence-electron chi connectivity index (χ3n) is 4.60. The van der Waals surface area contributed by atoms with Gasteiger partial charge in [-0.2, -0.15) is 0 Å². The molecule has 0 saturated carbocycles. The number of benzene rings is 1. The molecule has 0 heterocycles. The Morgan fingerprint density at radius 1 is 1.05 bits per heavy atom. The van der Waals surface area contributed by atoms with E-state index >= 15 is 0 Å². The first-order chi connectivity index (χ1) is 10.6. The lowest BCUT2D eigenvalue weighted by Gasteiger charge is -2.31. The molecule has 0 aliphatic heterocycles. The predicted octanol–water partition coefficient (Wildman–Crippen LogP) is 1.96. The van der Waals surface area contributed by atoms with Gasteiger partial charge < -0.3 is 14.2 Å². The highest BCUT2D eigenvalue weighted by Crippen LogP contribution is 2.50. The number of hydrogen-bond donors (Lipinski definition) is 0. The van der Waals surface area contributed by atoms with Crippen LogP contribution in [0.2, 0.25) is 0 Å². The number of methoxy groups -OCH3 is 3. The molecule has 0 bridgehead atoms. The summed E-state index contributed by atoms with van der Waals surface area (Å²) in [7, 11) is 4.56. The Balaban J connectivity index is 2.17. The smallest absolute Gasteiger partial charge is 0.198 e. The molecule has 1 aromatic carbocycles. The molecule has 22 heavy (non-hydrogen) atoms. The summed E-state index contributed by atoms with van der Waals surface area (Å²) in [4.78, 5) is 25.0. The average molecular weight is 302 g/mol. The lowest BCUT2D eigenvalue weighted by molar-refractivity contribution is -0.129. The molecule has 0 aromatic heterocycles. The molecule has 0 radical (unpaired) electrons. The van der Waals surface area contributed by atoms with Crippen LogP contribution < -0.4 is 9.47 Å². The van der Waals surface area contributed by atoms with Gasteiger partial charge in [0.25, 0.3) is 0 Å². The number of carbonyl (C=O) groups excluding carboxylic acids is 2. The van der Waals surface area contributed by atoms with Crippen LogP contribution in [0.3, 0.4) is 0 Å².